The van der Waals surface area contributed by atoms with E-state index < -0.39 is 24.5 Å². The molecule has 1 rings (SSSR count). The van der Waals surface area contributed by atoms with Crippen LogP contribution in [0.5, 0.6) is 0 Å². The molecule has 0 amide bonds. The lowest BCUT2D eigenvalue weighted by Gasteiger charge is -2.20. The fraction of sp³-hybridized carbons (Fsp3) is 0.538. The zero-order valence-corrected chi connectivity index (χ0v) is 11.3. The first-order valence-corrected chi connectivity index (χ1v) is 6.46. The molecule has 1 aromatic carbocycles. The second-order valence-electron chi connectivity index (χ2n) is 4.33. The van der Waals surface area contributed by atoms with Gasteiger partial charge in [-0.15, -0.1) is 0 Å². The van der Waals surface area contributed by atoms with Crippen LogP contribution < -0.4 is 5.32 Å². The van der Waals surface area contributed by atoms with Gasteiger partial charge in [0.05, 0.1) is 0 Å². The van der Waals surface area contributed by atoms with Crippen molar-refractivity contribution in [3.05, 3.63) is 34.6 Å². The van der Waals surface area contributed by atoms with Gasteiger partial charge in [-0.1, -0.05) is 24.6 Å². The molecule has 0 radical (unpaired) electrons. The third-order valence-corrected chi connectivity index (χ3v) is 2.93. The molecule has 0 aliphatic heterocycles. The quantitative estimate of drug-likeness (QED) is 0.739. The molecule has 1 N–H and O–H groups in total. The summed E-state index contributed by atoms with van der Waals surface area (Å²) >= 11 is 5.64. The highest BCUT2D eigenvalue weighted by Crippen LogP contribution is 2.29. The van der Waals surface area contributed by atoms with Crippen molar-refractivity contribution in [2.24, 2.45) is 0 Å². The Bertz CT molecular complexity index is 406. The van der Waals surface area contributed by atoms with E-state index in [1.807, 2.05) is 6.92 Å². The van der Waals surface area contributed by atoms with Gasteiger partial charge in [0.25, 0.3) is 0 Å². The number of hydrogen-bond acceptors (Lipinski definition) is 1. The Morgan fingerprint density at radius 2 is 2.00 bits per heavy atom. The SMILES string of the molecule is CCCNC(CCC(F)(F)F)c1ccc(Cl)cc1F. The van der Waals surface area contributed by atoms with Crippen molar-refractivity contribution in [1.29, 1.82) is 0 Å². The van der Waals surface area contributed by atoms with Crippen LogP contribution in [-0.4, -0.2) is 12.7 Å². The zero-order valence-electron chi connectivity index (χ0n) is 10.5. The first-order valence-electron chi connectivity index (χ1n) is 6.08. The molecule has 19 heavy (non-hydrogen) atoms. The molecule has 0 bridgehead atoms. The Hall–Kier alpha value is -0.810. The van der Waals surface area contributed by atoms with Crippen molar-refractivity contribution in [3.8, 4) is 0 Å². The van der Waals surface area contributed by atoms with Gasteiger partial charge in [-0.25, -0.2) is 4.39 Å². The summed E-state index contributed by atoms with van der Waals surface area (Å²) in [5.74, 6) is -0.580. The minimum Gasteiger partial charge on any atom is -0.310 e. The van der Waals surface area contributed by atoms with Crippen LogP contribution in [0.1, 0.15) is 37.8 Å². The molecule has 1 atom stereocenters. The summed E-state index contributed by atoms with van der Waals surface area (Å²) in [5.41, 5.74) is 0.224. The van der Waals surface area contributed by atoms with E-state index in [0.717, 1.165) is 12.5 Å². The van der Waals surface area contributed by atoms with E-state index in [0.29, 0.717) is 6.54 Å². The number of alkyl halides is 3. The minimum absolute atomic E-state index is 0.192. The summed E-state index contributed by atoms with van der Waals surface area (Å²) in [4.78, 5) is 0. The van der Waals surface area contributed by atoms with Crippen LogP contribution in [0.4, 0.5) is 17.6 Å². The monoisotopic (exact) mass is 297 g/mol. The van der Waals surface area contributed by atoms with Gasteiger partial charge >= 0.3 is 6.18 Å². The van der Waals surface area contributed by atoms with Crippen LogP contribution in [0.25, 0.3) is 0 Å². The van der Waals surface area contributed by atoms with Crippen LogP contribution in [0, 0.1) is 5.82 Å². The average molecular weight is 298 g/mol. The Morgan fingerprint density at radius 1 is 1.32 bits per heavy atom. The molecule has 1 aromatic rings. The smallest absolute Gasteiger partial charge is 0.310 e. The molecule has 1 nitrogen and oxygen atoms in total. The summed E-state index contributed by atoms with van der Waals surface area (Å²) in [6.45, 7) is 2.43. The lowest BCUT2D eigenvalue weighted by molar-refractivity contribution is -0.136. The first kappa shape index (κ1) is 16.2. The van der Waals surface area contributed by atoms with E-state index >= 15 is 0 Å². The van der Waals surface area contributed by atoms with E-state index in [1.54, 1.807) is 0 Å². The first-order chi connectivity index (χ1) is 8.83. The molecule has 0 heterocycles. The molecular formula is C13H16ClF4N. The molecule has 0 spiro atoms. The standard InChI is InChI=1S/C13H16ClF4N/c1-2-7-19-12(5-6-13(16,17)18)10-4-3-9(14)8-11(10)15/h3-4,8,12,19H,2,5-7H2,1H3. The Kier molecular flexibility index (Phi) is 6.07. The van der Waals surface area contributed by atoms with Gasteiger partial charge in [0.15, 0.2) is 0 Å². The lowest BCUT2D eigenvalue weighted by atomic mass is 10.0. The van der Waals surface area contributed by atoms with E-state index in [-0.39, 0.29) is 17.0 Å². The number of benzene rings is 1. The molecule has 1 unspecified atom stereocenters. The van der Waals surface area contributed by atoms with Gasteiger partial charge in [-0.3, -0.25) is 0 Å². The molecule has 0 fully saturated rings. The van der Waals surface area contributed by atoms with Crippen LogP contribution >= 0.6 is 11.6 Å². The number of halogens is 5. The van der Waals surface area contributed by atoms with Gasteiger partial charge in [0.1, 0.15) is 5.82 Å². The fourth-order valence-corrected chi connectivity index (χ4v) is 1.94. The summed E-state index contributed by atoms with van der Waals surface area (Å²) < 4.78 is 50.6. The third kappa shape index (κ3) is 5.78. The molecule has 6 heteroatoms. The summed E-state index contributed by atoms with van der Waals surface area (Å²) in [6, 6.07) is 3.37. The molecule has 0 aromatic heterocycles. The molecule has 0 aliphatic rings. The summed E-state index contributed by atoms with van der Waals surface area (Å²) in [5, 5.41) is 3.16. The Labute approximate surface area is 115 Å². The van der Waals surface area contributed by atoms with Crippen LogP contribution in [-0.2, 0) is 0 Å². The average Bonchev–Trinajstić information content (AvgIpc) is 2.29. The number of hydrogen-bond donors (Lipinski definition) is 1. The number of rotatable bonds is 6. The highest BCUT2D eigenvalue weighted by atomic mass is 35.5. The summed E-state index contributed by atoms with van der Waals surface area (Å²) in [7, 11) is 0. The zero-order chi connectivity index (χ0) is 14.5. The molecule has 0 aliphatic carbocycles. The van der Waals surface area contributed by atoms with Gasteiger partial charge in [0.2, 0.25) is 0 Å². The van der Waals surface area contributed by atoms with Gasteiger partial charge in [0, 0.05) is 23.0 Å². The maximum Gasteiger partial charge on any atom is 0.389 e. The van der Waals surface area contributed by atoms with E-state index in [1.165, 1.54) is 12.1 Å². The van der Waals surface area contributed by atoms with E-state index in [9.17, 15) is 17.6 Å². The second kappa shape index (κ2) is 7.10. The lowest BCUT2D eigenvalue weighted by Crippen LogP contribution is -2.25. The van der Waals surface area contributed by atoms with Crippen molar-refractivity contribution in [3.63, 3.8) is 0 Å². The van der Waals surface area contributed by atoms with Crippen molar-refractivity contribution in [2.75, 3.05) is 6.54 Å². The van der Waals surface area contributed by atoms with Gasteiger partial charge in [-0.05, 0) is 31.5 Å². The van der Waals surface area contributed by atoms with Crippen molar-refractivity contribution >= 4 is 11.6 Å². The Balaban J connectivity index is 2.83. The minimum atomic E-state index is -4.24. The predicted octanol–water partition coefficient (Wildman–Crippen LogP) is 4.86. The molecule has 0 saturated heterocycles. The normalized spacial score (nSPS) is 13.6. The van der Waals surface area contributed by atoms with Crippen LogP contribution in [0.15, 0.2) is 18.2 Å². The number of nitrogens with one attached hydrogen (secondary N) is 1. The molecule has 108 valence electrons. The van der Waals surface area contributed by atoms with Crippen LogP contribution in [0.3, 0.4) is 0 Å². The topological polar surface area (TPSA) is 12.0 Å². The van der Waals surface area contributed by atoms with Crippen molar-refractivity contribution in [2.45, 2.75) is 38.4 Å². The van der Waals surface area contributed by atoms with E-state index in [2.05, 4.69) is 5.32 Å². The Morgan fingerprint density at radius 3 is 2.53 bits per heavy atom. The van der Waals surface area contributed by atoms with Crippen molar-refractivity contribution in [1.82, 2.24) is 5.32 Å². The fourth-order valence-electron chi connectivity index (χ4n) is 1.78. The summed E-state index contributed by atoms with van der Waals surface area (Å²) in [6.07, 6.45) is -4.62. The third-order valence-electron chi connectivity index (χ3n) is 2.70. The highest BCUT2D eigenvalue weighted by Gasteiger charge is 2.29. The van der Waals surface area contributed by atoms with Crippen LogP contribution in [0.2, 0.25) is 5.02 Å². The van der Waals surface area contributed by atoms with E-state index in [4.69, 9.17) is 11.6 Å². The van der Waals surface area contributed by atoms with Gasteiger partial charge < -0.3 is 5.32 Å². The molecular weight excluding hydrogens is 282 g/mol. The van der Waals surface area contributed by atoms with Crippen molar-refractivity contribution < 1.29 is 17.6 Å². The maximum atomic E-state index is 13.7. The second-order valence-corrected chi connectivity index (χ2v) is 4.76. The predicted molar refractivity (Wildman–Crippen MR) is 67.7 cm³/mol. The largest absolute Gasteiger partial charge is 0.389 e. The molecule has 0 saturated carbocycles. The highest BCUT2D eigenvalue weighted by molar-refractivity contribution is 6.30. The maximum absolute atomic E-state index is 13.7. The van der Waals surface area contributed by atoms with Gasteiger partial charge in [-0.2, -0.15) is 13.2 Å².